The van der Waals surface area contributed by atoms with Gasteiger partial charge >= 0.3 is 0 Å². The summed E-state index contributed by atoms with van der Waals surface area (Å²) in [5, 5.41) is 0. The smallest absolute Gasteiger partial charge is 0.270 e. The molecule has 0 saturated carbocycles. The Morgan fingerprint density at radius 2 is 1.78 bits per heavy atom. The van der Waals surface area contributed by atoms with E-state index in [0.717, 1.165) is 56.8 Å². The number of amides is 1. The van der Waals surface area contributed by atoms with E-state index < -0.39 is 0 Å². The normalized spacial score (nSPS) is 17.4. The SMILES string of the molecule is O=C(c1cc2c([nH]1)N(c1ccc(F)cc1)CCC2)N1CCCC1. The van der Waals surface area contributed by atoms with Crippen LogP contribution >= 0.6 is 0 Å². The van der Waals surface area contributed by atoms with E-state index in [0.29, 0.717) is 5.69 Å². The number of carbonyl (C=O) groups excluding carboxylic acids is 1. The van der Waals surface area contributed by atoms with Gasteiger partial charge in [0.25, 0.3) is 5.91 Å². The first-order chi connectivity index (χ1) is 11.2. The van der Waals surface area contributed by atoms with E-state index in [9.17, 15) is 9.18 Å². The van der Waals surface area contributed by atoms with Crippen LogP contribution in [0.2, 0.25) is 0 Å². The molecule has 2 aliphatic heterocycles. The Kier molecular flexibility index (Phi) is 3.56. The molecule has 1 N–H and O–H groups in total. The number of likely N-dealkylation sites (tertiary alicyclic amines) is 1. The van der Waals surface area contributed by atoms with Crippen LogP contribution in [-0.2, 0) is 6.42 Å². The van der Waals surface area contributed by atoms with E-state index >= 15 is 0 Å². The highest BCUT2D eigenvalue weighted by Crippen LogP contribution is 2.33. The molecule has 120 valence electrons. The Morgan fingerprint density at radius 3 is 2.52 bits per heavy atom. The third kappa shape index (κ3) is 2.60. The molecule has 4 rings (SSSR count). The van der Waals surface area contributed by atoms with Crippen molar-refractivity contribution in [3.8, 4) is 0 Å². The third-order valence-corrected chi connectivity index (χ3v) is 4.74. The van der Waals surface area contributed by atoms with E-state index in [-0.39, 0.29) is 11.7 Å². The molecule has 5 heteroatoms. The van der Waals surface area contributed by atoms with Crippen LogP contribution in [0.3, 0.4) is 0 Å². The minimum Gasteiger partial charge on any atom is -0.337 e. The molecule has 23 heavy (non-hydrogen) atoms. The number of aryl methyl sites for hydroxylation is 1. The number of benzene rings is 1. The maximum absolute atomic E-state index is 13.2. The molecular formula is C18H20FN3O. The maximum Gasteiger partial charge on any atom is 0.270 e. The van der Waals surface area contributed by atoms with Crippen molar-refractivity contribution in [1.82, 2.24) is 9.88 Å². The average Bonchev–Trinajstić information content (AvgIpc) is 3.24. The van der Waals surface area contributed by atoms with Gasteiger partial charge in [0.2, 0.25) is 0 Å². The van der Waals surface area contributed by atoms with Crippen LogP contribution in [0.4, 0.5) is 15.9 Å². The van der Waals surface area contributed by atoms with Crippen molar-refractivity contribution in [3.63, 3.8) is 0 Å². The number of aromatic amines is 1. The summed E-state index contributed by atoms with van der Waals surface area (Å²) in [6.07, 6.45) is 4.18. The summed E-state index contributed by atoms with van der Waals surface area (Å²) < 4.78 is 13.2. The molecule has 4 nitrogen and oxygen atoms in total. The maximum atomic E-state index is 13.2. The highest BCUT2D eigenvalue weighted by Gasteiger charge is 2.26. The van der Waals surface area contributed by atoms with Gasteiger partial charge in [0.15, 0.2) is 0 Å². The minimum absolute atomic E-state index is 0.0935. The van der Waals surface area contributed by atoms with Gasteiger partial charge in [-0.3, -0.25) is 4.79 Å². The predicted molar refractivity (Wildman–Crippen MR) is 87.7 cm³/mol. The number of nitrogens with zero attached hydrogens (tertiary/aromatic N) is 2. The van der Waals surface area contributed by atoms with Gasteiger partial charge in [-0.25, -0.2) is 4.39 Å². The van der Waals surface area contributed by atoms with Gasteiger partial charge in [0.05, 0.1) is 0 Å². The molecule has 1 aromatic heterocycles. The van der Waals surface area contributed by atoms with Crippen LogP contribution in [0.15, 0.2) is 30.3 Å². The summed E-state index contributed by atoms with van der Waals surface area (Å²) in [4.78, 5) is 19.9. The van der Waals surface area contributed by atoms with E-state index in [1.165, 1.54) is 17.7 Å². The molecule has 1 saturated heterocycles. The number of anilines is 2. The predicted octanol–water partition coefficient (Wildman–Crippen LogP) is 3.47. The van der Waals surface area contributed by atoms with Crippen molar-refractivity contribution in [2.75, 3.05) is 24.5 Å². The van der Waals surface area contributed by atoms with Gasteiger partial charge in [-0.1, -0.05) is 0 Å². The second kappa shape index (κ2) is 5.72. The molecule has 0 spiro atoms. The summed E-state index contributed by atoms with van der Waals surface area (Å²) in [6, 6.07) is 8.51. The van der Waals surface area contributed by atoms with Crippen LogP contribution in [0.25, 0.3) is 0 Å². The van der Waals surface area contributed by atoms with E-state index in [1.54, 1.807) is 12.1 Å². The van der Waals surface area contributed by atoms with E-state index in [4.69, 9.17) is 0 Å². The molecule has 3 heterocycles. The molecule has 0 aliphatic carbocycles. The van der Waals surface area contributed by atoms with E-state index in [2.05, 4.69) is 9.88 Å². The first-order valence-corrected chi connectivity index (χ1v) is 8.26. The van der Waals surface area contributed by atoms with Crippen LogP contribution in [0, 0.1) is 5.82 Å². The highest BCUT2D eigenvalue weighted by molar-refractivity contribution is 5.94. The van der Waals surface area contributed by atoms with Crippen molar-refractivity contribution in [2.24, 2.45) is 0 Å². The van der Waals surface area contributed by atoms with Crippen molar-refractivity contribution in [3.05, 3.63) is 47.4 Å². The zero-order valence-corrected chi connectivity index (χ0v) is 13.0. The largest absolute Gasteiger partial charge is 0.337 e. The number of nitrogens with one attached hydrogen (secondary N) is 1. The quantitative estimate of drug-likeness (QED) is 0.922. The number of H-pyrrole nitrogens is 1. The van der Waals surface area contributed by atoms with E-state index in [1.807, 2.05) is 11.0 Å². The molecule has 2 aliphatic rings. The number of fused-ring (bicyclic) bond motifs is 1. The number of halogens is 1. The third-order valence-electron chi connectivity index (χ3n) is 4.74. The van der Waals surface area contributed by atoms with Crippen LogP contribution in [-0.4, -0.2) is 35.4 Å². The van der Waals surface area contributed by atoms with Gasteiger partial charge in [0.1, 0.15) is 17.3 Å². The molecule has 0 radical (unpaired) electrons. The lowest BCUT2D eigenvalue weighted by Gasteiger charge is -2.28. The molecule has 1 fully saturated rings. The second-order valence-electron chi connectivity index (χ2n) is 6.29. The standard InChI is InChI=1S/C18H20FN3O/c19-14-5-7-15(8-6-14)22-11-3-4-13-12-16(20-17(13)22)18(23)21-9-1-2-10-21/h5-8,12,20H,1-4,9-11H2. The van der Waals surface area contributed by atoms with Crippen LogP contribution in [0.5, 0.6) is 0 Å². The van der Waals surface area contributed by atoms with Gasteiger partial charge in [0, 0.05) is 25.3 Å². The molecule has 0 atom stereocenters. The Morgan fingerprint density at radius 1 is 1.04 bits per heavy atom. The van der Waals surface area contributed by atoms with Gasteiger partial charge in [-0.2, -0.15) is 0 Å². The fourth-order valence-electron chi connectivity index (χ4n) is 3.54. The Bertz CT molecular complexity index is 716. The Hall–Kier alpha value is -2.30. The van der Waals surface area contributed by atoms with Gasteiger partial charge < -0.3 is 14.8 Å². The number of aromatic nitrogens is 1. The number of hydrogen-bond acceptors (Lipinski definition) is 2. The van der Waals surface area contributed by atoms with Crippen molar-refractivity contribution in [1.29, 1.82) is 0 Å². The molecule has 2 aromatic rings. The Balaban J connectivity index is 1.65. The topological polar surface area (TPSA) is 39.3 Å². The molecule has 1 aromatic carbocycles. The average molecular weight is 313 g/mol. The summed E-state index contributed by atoms with van der Waals surface area (Å²) in [5.41, 5.74) is 2.79. The fourth-order valence-corrected chi connectivity index (χ4v) is 3.54. The van der Waals surface area contributed by atoms with Crippen LogP contribution in [0.1, 0.15) is 35.3 Å². The first-order valence-electron chi connectivity index (χ1n) is 8.26. The molecule has 0 unspecified atom stereocenters. The summed E-state index contributed by atoms with van der Waals surface area (Å²) in [5.74, 6) is 0.837. The van der Waals surface area contributed by atoms with Crippen molar-refractivity contribution >= 4 is 17.4 Å². The number of hydrogen-bond donors (Lipinski definition) is 1. The second-order valence-corrected chi connectivity index (χ2v) is 6.29. The van der Waals surface area contributed by atoms with Gasteiger partial charge in [-0.05, 0) is 61.6 Å². The summed E-state index contributed by atoms with van der Waals surface area (Å²) in [6.45, 7) is 2.57. The molecule has 1 amide bonds. The lowest BCUT2D eigenvalue weighted by Crippen LogP contribution is -2.28. The molecular weight excluding hydrogens is 293 g/mol. The molecule has 0 bridgehead atoms. The highest BCUT2D eigenvalue weighted by atomic mass is 19.1. The summed E-state index contributed by atoms with van der Waals surface area (Å²) in [7, 11) is 0. The lowest BCUT2D eigenvalue weighted by molar-refractivity contribution is 0.0788. The van der Waals surface area contributed by atoms with Crippen molar-refractivity contribution in [2.45, 2.75) is 25.7 Å². The lowest BCUT2D eigenvalue weighted by atomic mass is 10.1. The Labute approximate surface area is 134 Å². The monoisotopic (exact) mass is 313 g/mol. The van der Waals surface area contributed by atoms with Gasteiger partial charge in [-0.15, -0.1) is 0 Å². The first kappa shape index (κ1) is 14.3. The zero-order chi connectivity index (χ0) is 15.8. The fraction of sp³-hybridized carbons (Fsp3) is 0.389. The zero-order valence-electron chi connectivity index (χ0n) is 13.0. The number of carbonyl (C=O) groups is 1. The van der Waals surface area contributed by atoms with Crippen molar-refractivity contribution < 1.29 is 9.18 Å². The summed E-state index contributed by atoms with van der Waals surface area (Å²) >= 11 is 0. The van der Waals surface area contributed by atoms with Crippen LogP contribution < -0.4 is 4.90 Å². The minimum atomic E-state index is -0.234. The number of rotatable bonds is 2.